The first-order valence-corrected chi connectivity index (χ1v) is 6.58. The highest BCUT2D eigenvalue weighted by Gasteiger charge is 2.39. The first-order valence-electron chi connectivity index (χ1n) is 5.41. The Labute approximate surface area is 113 Å². The molecule has 0 amide bonds. The lowest BCUT2D eigenvalue weighted by molar-refractivity contribution is -0.0808. The van der Waals surface area contributed by atoms with Gasteiger partial charge in [-0.25, -0.2) is 4.39 Å². The Balaban J connectivity index is 2.37. The van der Waals surface area contributed by atoms with E-state index >= 15 is 0 Å². The summed E-state index contributed by atoms with van der Waals surface area (Å²) in [6, 6.07) is 3.16. The van der Waals surface area contributed by atoms with Crippen molar-refractivity contribution in [2.75, 3.05) is 6.61 Å². The molecule has 5 heteroatoms. The molecule has 2 atom stereocenters. The zero-order chi connectivity index (χ0) is 12.6. The van der Waals surface area contributed by atoms with Crippen LogP contribution in [0.4, 0.5) is 4.39 Å². The van der Waals surface area contributed by atoms with Crippen LogP contribution in [0.25, 0.3) is 0 Å². The van der Waals surface area contributed by atoms with Crippen molar-refractivity contribution in [1.82, 2.24) is 0 Å². The van der Waals surface area contributed by atoms with Crippen molar-refractivity contribution in [3.8, 4) is 0 Å². The highest BCUT2D eigenvalue weighted by molar-refractivity contribution is 9.10. The molecule has 0 saturated carbocycles. The van der Waals surface area contributed by atoms with Gasteiger partial charge in [0.05, 0.1) is 10.6 Å². The average molecular weight is 324 g/mol. The van der Waals surface area contributed by atoms with Crippen molar-refractivity contribution in [2.45, 2.75) is 31.5 Å². The van der Waals surface area contributed by atoms with Crippen LogP contribution in [0, 0.1) is 5.82 Å². The van der Waals surface area contributed by atoms with Crippen LogP contribution in [-0.2, 0) is 4.74 Å². The minimum atomic E-state index is -1.00. The molecule has 0 radical (unpaired) electrons. The summed E-state index contributed by atoms with van der Waals surface area (Å²) in [4.78, 5) is 0. The van der Waals surface area contributed by atoms with E-state index in [4.69, 9.17) is 16.3 Å². The Morgan fingerprint density at radius 3 is 2.88 bits per heavy atom. The molecule has 0 spiro atoms. The van der Waals surface area contributed by atoms with Crippen LogP contribution in [0.2, 0.25) is 5.02 Å². The van der Waals surface area contributed by atoms with Crippen LogP contribution in [0.15, 0.2) is 16.6 Å². The van der Waals surface area contributed by atoms with E-state index in [-0.39, 0.29) is 10.6 Å². The number of aliphatic hydroxyl groups is 1. The second-order valence-electron chi connectivity index (χ2n) is 4.43. The molecule has 1 N–H and O–H groups in total. The van der Waals surface area contributed by atoms with E-state index in [9.17, 15) is 9.50 Å². The maximum Gasteiger partial charge on any atom is 0.148 e. The molecular formula is C12H13BrClFO2. The van der Waals surface area contributed by atoms with Gasteiger partial charge >= 0.3 is 0 Å². The number of benzene rings is 1. The molecule has 1 aromatic carbocycles. The smallest absolute Gasteiger partial charge is 0.148 e. The van der Waals surface area contributed by atoms with Crippen molar-refractivity contribution in [1.29, 1.82) is 0 Å². The number of halogens is 3. The van der Waals surface area contributed by atoms with Gasteiger partial charge in [0.15, 0.2) is 0 Å². The largest absolute Gasteiger partial charge is 0.385 e. The topological polar surface area (TPSA) is 29.5 Å². The monoisotopic (exact) mass is 322 g/mol. The molecule has 0 aromatic heterocycles. The Hall–Kier alpha value is -0.160. The first-order chi connectivity index (χ1) is 7.96. The van der Waals surface area contributed by atoms with Gasteiger partial charge in [-0.1, -0.05) is 17.7 Å². The third-order valence-electron chi connectivity index (χ3n) is 3.19. The van der Waals surface area contributed by atoms with E-state index < -0.39 is 17.5 Å². The van der Waals surface area contributed by atoms with Crippen molar-refractivity contribution in [3.05, 3.63) is 33.0 Å². The van der Waals surface area contributed by atoms with Crippen LogP contribution in [-0.4, -0.2) is 17.3 Å². The van der Waals surface area contributed by atoms with Gasteiger partial charge in [-0.3, -0.25) is 0 Å². The van der Waals surface area contributed by atoms with Crippen LogP contribution >= 0.6 is 27.5 Å². The van der Waals surface area contributed by atoms with Gasteiger partial charge in [-0.2, -0.15) is 0 Å². The number of hydrogen-bond acceptors (Lipinski definition) is 2. The summed E-state index contributed by atoms with van der Waals surface area (Å²) in [5.41, 5.74) is -0.541. The third kappa shape index (κ3) is 2.36. The van der Waals surface area contributed by atoms with Gasteiger partial charge in [-0.05, 0) is 41.8 Å². The van der Waals surface area contributed by atoms with Gasteiger partial charge in [0, 0.05) is 16.6 Å². The molecule has 17 heavy (non-hydrogen) atoms. The Kier molecular flexibility index (Phi) is 3.78. The highest BCUT2D eigenvalue weighted by atomic mass is 79.9. The lowest BCUT2D eigenvalue weighted by atomic mass is 9.90. The Bertz CT molecular complexity index is 433. The number of hydrogen-bond donors (Lipinski definition) is 1. The zero-order valence-corrected chi connectivity index (χ0v) is 11.7. The van der Waals surface area contributed by atoms with Gasteiger partial charge in [0.2, 0.25) is 0 Å². The molecule has 0 aliphatic carbocycles. The fourth-order valence-corrected chi connectivity index (χ4v) is 2.58. The summed E-state index contributed by atoms with van der Waals surface area (Å²) in [6.07, 6.45) is 0.580. The Morgan fingerprint density at radius 2 is 2.29 bits per heavy atom. The number of rotatable bonds is 2. The molecule has 0 bridgehead atoms. The van der Waals surface area contributed by atoms with E-state index in [1.54, 1.807) is 13.0 Å². The Morgan fingerprint density at radius 1 is 1.59 bits per heavy atom. The first kappa shape index (κ1) is 13.3. The summed E-state index contributed by atoms with van der Waals surface area (Å²) in [5.74, 6) is -0.592. The molecule has 2 nitrogen and oxygen atoms in total. The van der Waals surface area contributed by atoms with Crippen LogP contribution < -0.4 is 0 Å². The predicted molar refractivity (Wildman–Crippen MR) is 67.7 cm³/mol. The molecule has 94 valence electrons. The second-order valence-corrected chi connectivity index (χ2v) is 5.66. The van der Waals surface area contributed by atoms with E-state index in [0.717, 1.165) is 6.42 Å². The minimum absolute atomic E-state index is 0.0110. The summed E-state index contributed by atoms with van der Waals surface area (Å²) >= 11 is 8.95. The van der Waals surface area contributed by atoms with Gasteiger partial charge in [0.25, 0.3) is 0 Å². The summed E-state index contributed by atoms with van der Waals surface area (Å²) in [6.45, 7) is 2.39. The van der Waals surface area contributed by atoms with Crippen LogP contribution in [0.1, 0.15) is 31.4 Å². The normalized spacial score (nSPS) is 26.2. The molecule has 1 aliphatic heterocycles. The molecule has 1 aromatic rings. The predicted octanol–water partition coefficient (Wildman–Crippen LogP) is 3.84. The quantitative estimate of drug-likeness (QED) is 0.838. The van der Waals surface area contributed by atoms with Gasteiger partial charge in [-0.15, -0.1) is 0 Å². The molecule has 1 aliphatic rings. The number of aliphatic hydroxyl groups excluding tert-OH is 1. The SMILES string of the molecule is CC1(C(O)c2ccc(Br)c(Cl)c2F)CCCO1. The average Bonchev–Trinajstić information content (AvgIpc) is 2.74. The van der Waals surface area contributed by atoms with Crippen molar-refractivity contribution >= 4 is 27.5 Å². The van der Waals surface area contributed by atoms with E-state index in [0.29, 0.717) is 17.5 Å². The molecule has 1 heterocycles. The molecule has 1 saturated heterocycles. The fourth-order valence-electron chi connectivity index (χ4n) is 2.10. The van der Waals surface area contributed by atoms with E-state index in [1.807, 2.05) is 0 Å². The van der Waals surface area contributed by atoms with Crippen LogP contribution in [0.5, 0.6) is 0 Å². The highest BCUT2D eigenvalue weighted by Crippen LogP contribution is 2.40. The maximum atomic E-state index is 14.0. The molecule has 2 unspecified atom stereocenters. The van der Waals surface area contributed by atoms with Crippen molar-refractivity contribution in [3.63, 3.8) is 0 Å². The van der Waals surface area contributed by atoms with Gasteiger partial charge < -0.3 is 9.84 Å². The molecule has 2 rings (SSSR count). The second kappa shape index (κ2) is 4.84. The fraction of sp³-hybridized carbons (Fsp3) is 0.500. The molecule has 1 fully saturated rings. The van der Waals surface area contributed by atoms with Crippen molar-refractivity contribution in [2.24, 2.45) is 0 Å². The third-order valence-corrected chi connectivity index (χ3v) is 4.45. The summed E-state index contributed by atoms with van der Waals surface area (Å²) in [7, 11) is 0. The number of ether oxygens (including phenoxy) is 1. The van der Waals surface area contributed by atoms with E-state index in [1.165, 1.54) is 6.07 Å². The summed E-state index contributed by atoms with van der Waals surface area (Å²) in [5, 5.41) is 10.2. The lowest BCUT2D eigenvalue weighted by Gasteiger charge is -2.30. The van der Waals surface area contributed by atoms with Crippen molar-refractivity contribution < 1.29 is 14.2 Å². The standard InChI is InChI=1S/C12H13BrClFO2/c1-12(5-2-6-17-12)11(16)7-3-4-8(13)9(14)10(7)15/h3-4,11,16H,2,5-6H2,1H3. The van der Waals surface area contributed by atoms with Gasteiger partial charge in [0.1, 0.15) is 11.9 Å². The zero-order valence-electron chi connectivity index (χ0n) is 9.34. The molecular weight excluding hydrogens is 310 g/mol. The lowest BCUT2D eigenvalue weighted by Crippen LogP contribution is -2.32. The summed E-state index contributed by atoms with van der Waals surface area (Å²) < 4.78 is 19.9. The minimum Gasteiger partial charge on any atom is -0.385 e. The maximum absolute atomic E-state index is 14.0. The van der Waals surface area contributed by atoms with Crippen LogP contribution in [0.3, 0.4) is 0 Å². The van der Waals surface area contributed by atoms with E-state index in [2.05, 4.69) is 15.9 Å².